The van der Waals surface area contributed by atoms with Gasteiger partial charge in [0.05, 0.1) is 0 Å². The van der Waals surface area contributed by atoms with Gasteiger partial charge in [0.25, 0.3) is 5.56 Å². The Morgan fingerprint density at radius 1 is 1.53 bits per heavy atom. The van der Waals surface area contributed by atoms with E-state index in [2.05, 4.69) is 23.7 Å². The Hall–Kier alpha value is -1.09. The number of likely N-dealkylation sites (tertiary alicyclic amines) is 1. The molecule has 1 fully saturated rings. The zero-order valence-electron chi connectivity index (χ0n) is 11.0. The highest BCUT2D eigenvalue weighted by atomic mass is 16.1. The standard InChI is InChI=1S/C14H22N2O/c1-10(2)9-16-6-4-5-13(16)12-7-11(3)14(17)15-8-12/h7-8,10,13H,4-6,9H2,1-3H3,(H,15,17)/t13-/m1/s1. The Labute approximate surface area is 103 Å². The van der Waals surface area contributed by atoms with E-state index in [1.54, 1.807) is 0 Å². The lowest BCUT2D eigenvalue weighted by atomic mass is 10.0. The lowest BCUT2D eigenvalue weighted by Gasteiger charge is -2.26. The summed E-state index contributed by atoms with van der Waals surface area (Å²) in [6.45, 7) is 8.72. The van der Waals surface area contributed by atoms with Crippen LogP contribution in [-0.4, -0.2) is 23.0 Å². The summed E-state index contributed by atoms with van der Waals surface area (Å²) >= 11 is 0. The number of aromatic nitrogens is 1. The molecule has 2 heterocycles. The SMILES string of the molecule is Cc1cc([C@H]2CCCN2CC(C)C)c[nH]c1=O. The van der Waals surface area contributed by atoms with Gasteiger partial charge in [-0.15, -0.1) is 0 Å². The van der Waals surface area contributed by atoms with Crippen LogP contribution < -0.4 is 5.56 Å². The highest BCUT2D eigenvalue weighted by molar-refractivity contribution is 5.21. The maximum absolute atomic E-state index is 11.4. The Morgan fingerprint density at radius 2 is 2.29 bits per heavy atom. The third-order valence-corrected chi connectivity index (χ3v) is 3.46. The van der Waals surface area contributed by atoms with E-state index in [1.807, 2.05) is 19.2 Å². The average molecular weight is 234 g/mol. The molecule has 1 atom stereocenters. The van der Waals surface area contributed by atoms with E-state index in [9.17, 15) is 4.79 Å². The molecule has 3 heteroatoms. The van der Waals surface area contributed by atoms with Gasteiger partial charge in [0.1, 0.15) is 0 Å². The van der Waals surface area contributed by atoms with E-state index in [1.165, 1.54) is 24.9 Å². The minimum absolute atomic E-state index is 0.0298. The second-order valence-corrected chi connectivity index (χ2v) is 5.49. The summed E-state index contributed by atoms with van der Waals surface area (Å²) in [6.07, 6.45) is 4.35. The molecule has 94 valence electrons. The molecule has 0 saturated carbocycles. The summed E-state index contributed by atoms with van der Waals surface area (Å²) < 4.78 is 0. The second-order valence-electron chi connectivity index (χ2n) is 5.49. The van der Waals surface area contributed by atoms with Crippen molar-refractivity contribution < 1.29 is 0 Å². The van der Waals surface area contributed by atoms with Gasteiger partial charge in [-0.25, -0.2) is 0 Å². The van der Waals surface area contributed by atoms with E-state index >= 15 is 0 Å². The number of nitrogens with zero attached hydrogens (tertiary/aromatic N) is 1. The molecule has 2 rings (SSSR count). The number of rotatable bonds is 3. The van der Waals surface area contributed by atoms with Crippen LogP contribution in [0.4, 0.5) is 0 Å². The zero-order chi connectivity index (χ0) is 12.4. The van der Waals surface area contributed by atoms with Gasteiger partial charge in [-0.1, -0.05) is 13.8 Å². The minimum Gasteiger partial charge on any atom is -0.329 e. The lowest BCUT2D eigenvalue weighted by molar-refractivity contribution is 0.228. The van der Waals surface area contributed by atoms with E-state index in [4.69, 9.17) is 0 Å². The largest absolute Gasteiger partial charge is 0.329 e. The number of aromatic amines is 1. The van der Waals surface area contributed by atoms with Gasteiger partial charge in [0, 0.05) is 24.3 Å². The fourth-order valence-corrected chi connectivity index (χ4v) is 2.70. The molecule has 1 aliphatic heterocycles. The van der Waals surface area contributed by atoms with Gasteiger partial charge in [0.15, 0.2) is 0 Å². The molecule has 0 aromatic carbocycles. The van der Waals surface area contributed by atoms with Crippen molar-refractivity contribution in [1.29, 1.82) is 0 Å². The van der Waals surface area contributed by atoms with Crippen LogP contribution >= 0.6 is 0 Å². The maximum Gasteiger partial charge on any atom is 0.250 e. The van der Waals surface area contributed by atoms with Crippen LogP contribution in [-0.2, 0) is 0 Å². The van der Waals surface area contributed by atoms with Crippen LogP contribution in [0.1, 0.15) is 43.9 Å². The average Bonchev–Trinajstić information content (AvgIpc) is 2.69. The Bertz CT molecular complexity index is 436. The van der Waals surface area contributed by atoms with Crippen LogP contribution in [0.25, 0.3) is 0 Å². The molecule has 0 aliphatic carbocycles. The molecular formula is C14H22N2O. The summed E-state index contributed by atoms with van der Waals surface area (Å²) in [5.41, 5.74) is 2.11. The molecule has 0 unspecified atom stereocenters. The Morgan fingerprint density at radius 3 is 2.94 bits per heavy atom. The molecular weight excluding hydrogens is 212 g/mol. The predicted octanol–water partition coefficient (Wildman–Crippen LogP) is 2.48. The molecule has 17 heavy (non-hydrogen) atoms. The van der Waals surface area contributed by atoms with Gasteiger partial charge >= 0.3 is 0 Å². The monoisotopic (exact) mass is 234 g/mol. The van der Waals surface area contributed by atoms with E-state index in [0.717, 1.165) is 12.1 Å². The molecule has 1 N–H and O–H groups in total. The number of hydrogen-bond donors (Lipinski definition) is 1. The molecule has 1 saturated heterocycles. The predicted molar refractivity (Wildman–Crippen MR) is 70.2 cm³/mol. The van der Waals surface area contributed by atoms with Gasteiger partial charge in [0.2, 0.25) is 0 Å². The molecule has 1 aliphatic rings. The number of nitrogens with one attached hydrogen (secondary N) is 1. The third kappa shape index (κ3) is 2.78. The van der Waals surface area contributed by atoms with Gasteiger partial charge < -0.3 is 4.98 Å². The van der Waals surface area contributed by atoms with Crippen molar-refractivity contribution in [3.63, 3.8) is 0 Å². The van der Waals surface area contributed by atoms with Gasteiger partial charge in [-0.05, 0) is 43.9 Å². The highest BCUT2D eigenvalue weighted by Gasteiger charge is 2.26. The Kier molecular flexibility index (Phi) is 3.67. The number of hydrogen-bond acceptors (Lipinski definition) is 2. The van der Waals surface area contributed by atoms with Gasteiger partial charge in [-0.2, -0.15) is 0 Å². The summed E-state index contributed by atoms with van der Waals surface area (Å²) in [7, 11) is 0. The molecule has 0 amide bonds. The van der Waals surface area contributed by atoms with Crippen LogP contribution in [0, 0.1) is 12.8 Å². The van der Waals surface area contributed by atoms with Crippen molar-refractivity contribution in [1.82, 2.24) is 9.88 Å². The van der Waals surface area contributed by atoms with Crippen molar-refractivity contribution in [3.8, 4) is 0 Å². The van der Waals surface area contributed by atoms with E-state index < -0.39 is 0 Å². The normalized spacial score (nSPS) is 21.3. The van der Waals surface area contributed by atoms with Crippen molar-refractivity contribution in [2.45, 2.75) is 39.7 Å². The molecule has 0 radical (unpaired) electrons. The first-order chi connectivity index (χ1) is 8.08. The quantitative estimate of drug-likeness (QED) is 0.872. The second kappa shape index (κ2) is 5.05. The molecule has 1 aromatic rings. The fourth-order valence-electron chi connectivity index (χ4n) is 2.70. The molecule has 0 spiro atoms. The Balaban J connectivity index is 2.20. The highest BCUT2D eigenvalue weighted by Crippen LogP contribution is 2.31. The van der Waals surface area contributed by atoms with Crippen LogP contribution in [0.2, 0.25) is 0 Å². The third-order valence-electron chi connectivity index (χ3n) is 3.46. The summed E-state index contributed by atoms with van der Waals surface area (Å²) in [6, 6.07) is 2.54. The lowest BCUT2D eigenvalue weighted by Crippen LogP contribution is -2.28. The van der Waals surface area contributed by atoms with Crippen molar-refractivity contribution in [2.24, 2.45) is 5.92 Å². The number of aryl methyl sites for hydroxylation is 1. The smallest absolute Gasteiger partial charge is 0.250 e. The fraction of sp³-hybridized carbons (Fsp3) is 0.643. The first-order valence-corrected chi connectivity index (χ1v) is 6.51. The van der Waals surface area contributed by atoms with E-state index in [-0.39, 0.29) is 5.56 Å². The molecule has 0 bridgehead atoms. The zero-order valence-corrected chi connectivity index (χ0v) is 11.0. The van der Waals surface area contributed by atoms with Crippen molar-refractivity contribution in [3.05, 3.63) is 33.7 Å². The first-order valence-electron chi connectivity index (χ1n) is 6.51. The first kappa shape index (κ1) is 12.4. The summed E-state index contributed by atoms with van der Waals surface area (Å²) in [4.78, 5) is 16.8. The topological polar surface area (TPSA) is 36.1 Å². The van der Waals surface area contributed by atoms with Crippen LogP contribution in [0.15, 0.2) is 17.1 Å². The van der Waals surface area contributed by atoms with Crippen molar-refractivity contribution >= 4 is 0 Å². The summed E-state index contributed by atoms with van der Waals surface area (Å²) in [5.74, 6) is 0.694. The number of H-pyrrole nitrogens is 1. The van der Waals surface area contributed by atoms with Gasteiger partial charge in [-0.3, -0.25) is 9.69 Å². The van der Waals surface area contributed by atoms with Crippen LogP contribution in [0.5, 0.6) is 0 Å². The van der Waals surface area contributed by atoms with Crippen molar-refractivity contribution in [2.75, 3.05) is 13.1 Å². The molecule has 1 aromatic heterocycles. The molecule has 3 nitrogen and oxygen atoms in total. The maximum atomic E-state index is 11.4. The number of pyridine rings is 1. The minimum atomic E-state index is 0.0298. The van der Waals surface area contributed by atoms with Crippen LogP contribution in [0.3, 0.4) is 0 Å². The van der Waals surface area contributed by atoms with E-state index in [0.29, 0.717) is 12.0 Å². The summed E-state index contributed by atoms with van der Waals surface area (Å²) in [5, 5.41) is 0.